The molecule has 2 aromatic rings. The molecule has 2 heteroatoms. The van der Waals surface area contributed by atoms with Gasteiger partial charge < -0.3 is 5.32 Å². The van der Waals surface area contributed by atoms with Crippen molar-refractivity contribution in [3.05, 3.63) is 53.0 Å². The molecule has 0 radical (unpaired) electrons. The predicted molar refractivity (Wildman–Crippen MR) is 69.1 cm³/mol. The van der Waals surface area contributed by atoms with Crippen LogP contribution in [0.15, 0.2) is 53.0 Å². The van der Waals surface area contributed by atoms with Crippen molar-refractivity contribution in [2.75, 3.05) is 12.4 Å². The van der Waals surface area contributed by atoms with E-state index in [4.69, 9.17) is 0 Å². The highest BCUT2D eigenvalue weighted by Gasteiger charge is 1.98. The Kier molecular flexibility index (Phi) is 3.07. The Morgan fingerprint density at radius 1 is 0.933 bits per heavy atom. The lowest BCUT2D eigenvalue weighted by molar-refractivity contribution is 1.50. The van der Waals surface area contributed by atoms with E-state index in [1.165, 1.54) is 11.1 Å². The second-order valence-corrected chi connectivity index (χ2v) is 4.26. The summed E-state index contributed by atoms with van der Waals surface area (Å²) >= 11 is 3.48. The van der Waals surface area contributed by atoms with Crippen LogP contribution in [0.2, 0.25) is 0 Å². The molecule has 0 amide bonds. The lowest BCUT2D eigenvalue weighted by atomic mass is 10.1. The Hall–Kier alpha value is -1.28. The molecule has 15 heavy (non-hydrogen) atoms. The summed E-state index contributed by atoms with van der Waals surface area (Å²) in [6.07, 6.45) is 0. The van der Waals surface area contributed by atoms with Gasteiger partial charge in [-0.2, -0.15) is 0 Å². The van der Waals surface area contributed by atoms with E-state index in [-0.39, 0.29) is 0 Å². The van der Waals surface area contributed by atoms with E-state index >= 15 is 0 Å². The van der Waals surface area contributed by atoms with Crippen LogP contribution in [0.4, 0.5) is 5.69 Å². The Bertz CT molecular complexity index is 466. The van der Waals surface area contributed by atoms with Crippen molar-refractivity contribution in [3.63, 3.8) is 0 Å². The molecule has 2 aromatic carbocycles. The van der Waals surface area contributed by atoms with Crippen LogP contribution in [-0.2, 0) is 0 Å². The summed E-state index contributed by atoms with van der Waals surface area (Å²) in [4.78, 5) is 0. The van der Waals surface area contributed by atoms with Crippen molar-refractivity contribution in [1.82, 2.24) is 0 Å². The van der Waals surface area contributed by atoms with E-state index in [0.29, 0.717) is 0 Å². The summed E-state index contributed by atoms with van der Waals surface area (Å²) in [5.74, 6) is 0. The second kappa shape index (κ2) is 4.49. The summed E-state index contributed by atoms with van der Waals surface area (Å²) in [6.45, 7) is 0. The fraction of sp³-hybridized carbons (Fsp3) is 0.0769. The quantitative estimate of drug-likeness (QED) is 0.856. The molecule has 76 valence electrons. The molecule has 1 nitrogen and oxygen atoms in total. The minimum absolute atomic E-state index is 1.11. The van der Waals surface area contributed by atoms with E-state index in [0.717, 1.165) is 10.2 Å². The topological polar surface area (TPSA) is 12.0 Å². The van der Waals surface area contributed by atoms with Crippen molar-refractivity contribution in [2.45, 2.75) is 0 Å². The van der Waals surface area contributed by atoms with Crippen molar-refractivity contribution >= 4 is 21.6 Å². The number of hydrogen-bond donors (Lipinski definition) is 1. The summed E-state index contributed by atoms with van der Waals surface area (Å²) in [7, 11) is 1.93. The van der Waals surface area contributed by atoms with Gasteiger partial charge in [0.1, 0.15) is 0 Å². The van der Waals surface area contributed by atoms with E-state index in [1.54, 1.807) is 0 Å². The van der Waals surface area contributed by atoms with Gasteiger partial charge in [-0.15, -0.1) is 0 Å². The van der Waals surface area contributed by atoms with Crippen LogP contribution >= 0.6 is 15.9 Å². The first kappa shape index (κ1) is 10.2. The van der Waals surface area contributed by atoms with Gasteiger partial charge in [0.05, 0.1) is 0 Å². The van der Waals surface area contributed by atoms with Crippen molar-refractivity contribution in [2.24, 2.45) is 0 Å². The molecular weight excluding hydrogens is 250 g/mol. The standard InChI is InChI=1S/C13H12BrN/c1-15-13-7-3-5-11(9-13)10-4-2-6-12(14)8-10/h2-9,15H,1H3. The van der Waals surface area contributed by atoms with Crippen LogP contribution in [0.3, 0.4) is 0 Å². The molecule has 0 aliphatic carbocycles. The van der Waals surface area contributed by atoms with Gasteiger partial charge in [-0.1, -0.05) is 40.2 Å². The van der Waals surface area contributed by atoms with Gasteiger partial charge in [0.2, 0.25) is 0 Å². The van der Waals surface area contributed by atoms with Crippen LogP contribution in [0.5, 0.6) is 0 Å². The Balaban J connectivity index is 2.44. The number of halogens is 1. The molecule has 0 saturated carbocycles. The van der Waals surface area contributed by atoms with Crippen LogP contribution in [-0.4, -0.2) is 7.05 Å². The number of anilines is 1. The molecule has 0 aromatic heterocycles. The SMILES string of the molecule is CNc1cccc(-c2cccc(Br)c2)c1. The third kappa shape index (κ3) is 2.39. The zero-order valence-corrected chi connectivity index (χ0v) is 10.1. The van der Waals surface area contributed by atoms with Crippen LogP contribution < -0.4 is 5.32 Å². The Morgan fingerprint density at radius 2 is 1.60 bits per heavy atom. The summed E-state index contributed by atoms with van der Waals surface area (Å²) < 4.78 is 1.11. The van der Waals surface area contributed by atoms with Gasteiger partial charge in [-0.05, 0) is 35.4 Å². The largest absolute Gasteiger partial charge is 0.388 e. The maximum absolute atomic E-state index is 3.48. The van der Waals surface area contributed by atoms with E-state index in [1.807, 2.05) is 19.2 Å². The molecule has 2 rings (SSSR count). The van der Waals surface area contributed by atoms with E-state index in [9.17, 15) is 0 Å². The highest BCUT2D eigenvalue weighted by atomic mass is 79.9. The van der Waals surface area contributed by atoms with Crippen molar-refractivity contribution in [1.29, 1.82) is 0 Å². The van der Waals surface area contributed by atoms with Crippen molar-refractivity contribution < 1.29 is 0 Å². The predicted octanol–water partition coefficient (Wildman–Crippen LogP) is 4.16. The third-order valence-electron chi connectivity index (χ3n) is 2.31. The van der Waals surface area contributed by atoms with E-state index in [2.05, 4.69) is 57.6 Å². The fourth-order valence-corrected chi connectivity index (χ4v) is 1.92. The fourth-order valence-electron chi connectivity index (χ4n) is 1.52. The molecule has 0 spiro atoms. The normalized spacial score (nSPS) is 10.0. The summed E-state index contributed by atoms with van der Waals surface area (Å²) in [5, 5.41) is 3.14. The van der Waals surface area contributed by atoms with Crippen molar-refractivity contribution in [3.8, 4) is 11.1 Å². The first-order valence-corrected chi connectivity index (χ1v) is 5.62. The minimum Gasteiger partial charge on any atom is -0.388 e. The van der Waals surface area contributed by atoms with Crippen LogP contribution in [0, 0.1) is 0 Å². The Labute approximate surface area is 98.3 Å². The zero-order valence-electron chi connectivity index (χ0n) is 8.50. The smallest absolute Gasteiger partial charge is 0.0343 e. The average molecular weight is 262 g/mol. The number of hydrogen-bond acceptors (Lipinski definition) is 1. The summed E-state index contributed by atoms with van der Waals surface area (Å²) in [5.41, 5.74) is 3.58. The molecule has 0 heterocycles. The maximum atomic E-state index is 3.48. The first-order valence-electron chi connectivity index (χ1n) is 4.83. The number of nitrogens with one attached hydrogen (secondary N) is 1. The second-order valence-electron chi connectivity index (χ2n) is 3.34. The molecule has 0 aliphatic heterocycles. The number of benzene rings is 2. The van der Waals surface area contributed by atoms with Gasteiger partial charge in [-0.3, -0.25) is 0 Å². The molecule has 0 unspecified atom stereocenters. The highest BCUT2D eigenvalue weighted by Crippen LogP contribution is 2.24. The van der Waals surface area contributed by atoms with E-state index < -0.39 is 0 Å². The molecular formula is C13H12BrN. The van der Waals surface area contributed by atoms with Gasteiger partial charge in [-0.25, -0.2) is 0 Å². The lowest BCUT2D eigenvalue weighted by Crippen LogP contribution is -1.87. The highest BCUT2D eigenvalue weighted by molar-refractivity contribution is 9.10. The third-order valence-corrected chi connectivity index (χ3v) is 2.80. The molecule has 0 fully saturated rings. The Morgan fingerprint density at radius 3 is 2.27 bits per heavy atom. The molecule has 1 N–H and O–H groups in total. The molecule has 0 atom stereocenters. The molecule has 0 aliphatic rings. The van der Waals surface area contributed by atoms with Gasteiger partial charge in [0, 0.05) is 17.2 Å². The minimum atomic E-state index is 1.11. The zero-order chi connectivity index (χ0) is 10.7. The average Bonchev–Trinajstić information content (AvgIpc) is 2.29. The van der Waals surface area contributed by atoms with Gasteiger partial charge >= 0.3 is 0 Å². The van der Waals surface area contributed by atoms with Crippen LogP contribution in [0.1, 0.15) is 0 Å². The monoisotopic (exact) mass is 261 g/mol. The first-order chi connectivity index (χ1) is 7.29. The molecule has 0 saturated heterocycles. The number of rotatable bonds is 2. The van der Waals surface area contributed by atoms with Gasteiger partial charge in [0.15, 0.2) is 0 Å². The molecule has 0 bridgehead atoms. The summed E-state index contributed by atoms with van der Waals surface area (Å²) in [6, 6.07) is 16.7. The maximum Gasteiger partial charge on any atom is 0.0343 e. The van der Waals surface area contributed by atoms with Gasteiger partial charge in [0.25, 0.3) is 0 Å². The van der Waals surface area contributed by atoms with Crippen LogP contribution in [0.25, 0.3) is 11.1 Å². The lowest BCUT2D eigenvalue weighted by Gasteiger charge is -2.05.